The first kappa shape index (κ1) is 20.3. The minimum absolute atomic E-state index is 0.127. The van der Waals surface area contributed by atoms with Crippen molar-refractivity contribution in [3.63, 3.8) is 0 Å². The first-order valence-electron chi connectivity index (χ1n) is 10.4. The molecule has 1 amide bonds. The van der Waals surface area contributed by atoms with Gasteiger partial charge < -0.3 is 15.1 Å². The van der Waals surface area contributed by atoms with E-state index in [4.69, 9.17) is 0 Å². The molecule has 2 aromatic carbocycles. The van der Waals surface area contributed by atoms with Gasteiger partial charge in [0, 0.05) is 5.69 Å². The van der Waals surface area contributed by atoms with E-state index in [2.05, 4.69) is 60.8 Å². The van der Waals surface area contributed by atoms with Gasteiger partial charge in [0.2, 0.25) is 5.91 Å². The highest BCUT2D eigenvalue weighted by atomic mass is 16.1. The number of amides is 1. The lowest BCUT2D eigenvalue weighted by molar-refractivity contribution is -1.01. The molecule has 0 atom stereocenters. The lowest BCUT2D eigenvalue weighted by Crippen LogP contribution is -3.28. The topological polar surface area (TPSA) is 38.0 Å². The molecule has 2 aromatic rings. The molecule has 4 heteroatoms. The maximum Gasteiger partial charge on any atom is 0.230 e. The highest BCUT2D eigenvalue weighted by Crippen LogP contribution is 2.16. The van der Waals surface area contributed by atoms with E-state index in [0.717, 1.165) is 37.4 Å². The van der Waals surface area contributed by atoms with Crippen molar-refractivity contribution in [3.05, 3.63) is 71.3 Å². The minimum Gasteiger partial charge on any atom is -0.326 e. The number of carbonyl (C=O) groups is 1. The first-order valence-corrected chi connectivity index (χ1v) is 10.4. The molecule has 3 rings (SSSR count). The summed E-state index contributed by atoms with van der Waals surface area (Å²) in [5.41, 5.74) is 4.50. The van der Waals surface area contributed by atoms with E-state index in [1.807, 2.05) is 19.1 Å². The number of anilines is 1. The molecule has 148 valence electrons. The SMILES string of the molecule is Cc1ccc(C)c(NC(=O)CC[NH+]2CC[NH+](C/C=C/c3ccccc3)CC2)c1. The maximum absolute atomic E-state index is 12.3. The van der Waals surface area contributed by atoms with Crippen molar-refractivity contribution in [1.82, 2.24) is 0 Å². The second-order valence-corrected chi connectivity index (χ2v) is 7.88. The van der Waals surface area contributed by atoms with Crippen LogP contribution < -0.4 is 15.1 Å². The molecule has 0 spiro atoms. The number of hydrogen-bond donors (Lipinski definition) is 3. The van der Waals surface area contributed by atoms with Crippen LogP contribution in [-0.4, -0.2) is 45.2 Å². The van der Waals surface area contributed by atoms with Gasteiger partial charge in [0.25, 0.3) is 0 Å². The molecule has 0 aromatic heterocycles. The van der Waals surface area contributed by atoms with E-state index in [0.29, 0.717) is 6.42 Å². The standard InChI is InChI=1S/C24H31N3O/c1-20-10-11-21(2)23(19-20)25-24(28)12-14-27-17-15-26(16-18-27)13-6-9-22-7-4-3-5-8-22/h3-11,19H,12-18H2,1-2H3,(H,25,28)/p+2/b9-6+. The van der Waals surface area contributed by atoms with Crippen LogP contribution in [0.4, 0.5) is 5.69 Å². The van der Waals surface area contributed by atoms with Crippen LogP contribution in [0.2, 0.25) is 0 Å². The normalized spacial score (nSPS) is 19.6. The molecule has 0 aliphatic carbocycles. The fourth-order valence-electron chi connectivity index (χ4n) is 3.71. The van der Waals surface area contributed by atoms with Crippen LogP contribution in [0.1, 0.15) is 23.1 Å². The molecule has 1 aliphatic rings. The summed E-state index contributed by atoms with van der Waals surface area (Å²) in [5.74, 6) is 0.127. The summed E-state index contributed by atoms with van der Waals surface area (Å²) >= 11 is 0. The second-order valence-electron chi connectivity index (χ2n) is 7.88. The van der Waals surface area contributed by atoms with E-state index in [-0.39, 0.29) is 5.91 Å². The van der Waals surface area contributed by atoms with Crippen molar-refractivity contribution in [3.8, 4) is 0 Å². The lowest BCUT2D eigenvalue weighted by Gasteiger charge is -2.29. The van der Waals surface area contributed by atoms with E-state index in [9.17, 15) is 4.79 Å². The molecular weight excluding hydrogens is 346 g/mol. The van der Waals surface area contributed by atoms with Gasteiger partial charge in [0.15, 0.2) is 0 Å². The van der Waals surface area contributed by atoms with Gasteiger partial charge >= 0.3 is 0 Å². The Bertz CT molecular complexity index is 793. The van der Waals surface area contributed by atoms with Crippen molar-refractivity contribution < 1.29 is 14.6 Å². The molecule has 0 saturated carbocycles. The molecule has 0 unspecified atom stereocenters. The zero-order chi connectivity index (χ0) is 19.8. The minimum atomic E-state index is 0.127. The predicted octanol–water partition coefficient (Wildman–Crippen LogP) is 1.13. The van der Waals surface area contributed by atoms with Crippen LogP contribution in [0, 0.1) is 13.8 Å². The summed E-state index contributed by atoms with van der Waals surface area (Å²) in [6.07, 6.45) is 5.09. The monoisotopic (exact) mass is 379 g/mol. The third-order valence-electron chi connectivity index (χ3n) is 5.55. The van der Waals surface area contributed by atoms with E-state index >= 15 is 0 Å². The van der Waals surface area contributed by atoms with Crippen molar-refractivity contribution >= 4 is 17.7 Å². The van der Waals surface area contributed by atoms with Gasteiger partial charge in [-0.3, -0.25) is 4.79 Å². The Labute approximate surface area is 168 Å². The number of piperazine rings is 1. The molecule has 28 heavy (non-hydrogen) atoms. The van der Waals surface area contributed by atoms with Crippen molar-refractivity contribution in [2.24, 2.45) is 0 Å². The van der Waals surface area contributed by atoms with Gasteiger partial charge in [0.05, 0.1) is 19.5 Å². The molecule has 1 heterocycles. The molecule has 1 fully saturated rings. The maximum atomic E-state index is 12.3. The smallest absolute Gasteiger partial charge is 0.230 e. The largest absolute Gasteiger partial charge is 0.326 e. The third kappa shape index (κ3) is 6.32. The van der Waals surface area contributed by atoms with Gasteiger partial charge in [-0.15, -0.1) is 0 Å². The zero-order valence-corrected chi connectivity index (χ0v) is 17.1. The predicted molar refractivity (Wildman–Crippen MR) is 116 cm³/mol. The Morgan fingerprint density at radius 2 is 1.71 bits per heavy atom. The first-order chi connectivity index (χ1) is 13.6. The van der Waals surface area contributed by atoms with Crippen LogP contribution in [0.5, 0.6) is 0 Å². The van der Waals surface area contributed by atoms with Gasteiger partial charge in [-0.05, 0) is 42.7 Å². The average molecular weight is 380 g/mol. The van der Waals surface area contributed by atoms with Gasteiger partial charge in [-0.25, -0.2) is 0 Å². The van der Waals surface area contributed by atoms with Crippen molar-refractivity contribution in [1.29, 1.82) is 0 Å². The van der Waals surface area contributed by atoms with Gasteiger partial charge in [-0.2, -0.15) is 0 Å². The molecule has 0 radical (unpaired) electrons. The van der Waals surface area contributed by atoms with Crippen LogP contribution >= 0.6 is 0 Å². The van der Waals surface area contributed by atoms with Crippen LogP contribution in [0.15, 0.2) is 54.6 Å². The quantitative estimate of drug-likeness (QED) is 0.663. The molecular formula is C24H33N3O+2. The summed E-state index contributed by atoms with van der Waals surface area (Å²) in [5, 5.41) is 3.08. The Balaban J connectivity index is 1.35. The number of hydrogen-bond acceptors (Lipinski definition) is 1. The number of rotatable bonds is 7. The van der Waals surface area contributed by atoms with E-state index in [1.165, 1.54) is 24.2 Å². The molecule has 1 saturated heterocycles. The number of carbonyl (C=O) groups excluding carboxylic acids is 1. The molecule has 3 N–H and O–H groups in total. The number of aryl methyl sites for hydroxylation is 2. The van der Waals surface area contributed by atoms with Crippen LogP contribution in [-0.2, 0) is 4.79 Å². The van der Waals surface area contributed by atoms with Crippen molar-refractivity contribution in [2.45, 2.75) is 20.3 Å². The Morgan fingerprint density at radius 3 is 2.46 bits per heavy atom. The van der Waals surface area contributed by atoms with E-state index in [1.54, 1.807) is 9.80 Å². The van der Waals surface area contributed by atoms with Crippen LogP contribution in [0.25, 0.3) is 6.08 Å². The van der Waals surface area contributed by atoms with Crippen LogP contribution in [0.3, 0.4) is 0 Å². The Kier molecular flexibility index (Phi) is 7.40. The number of quaternary nitrogens is 2. The summed E-state index contributed by atoms with van der Waals surface area (Å²) in [6.45, 7) is 10.7. The second kappa shape index (κ2) is 10.2. The lowest BCUT2D eigenvalue weighted by atomic mass is 10.1. The Morgan fingerprint density at radius 1 is 1.00 bits per heavy atom. The average Bonchev–Trinajstić information content (AvgIpc) is 2.71. The van der Waals surface area contributed by atoms with Crippen molar-refractivity contribution in [2.75, 3.05) is 44.6 Å². The van der Waals surface area contributed by atoms with E-state index < -0.39 is 0 Å². The number of benzene rings is 2. The fraction of sp³-hybridized carbons (Fsp3) is 0.375. The highest BCUT2D eigenvalue weighted by Gasteiger charge is 2.22. The van der Waals surface area contributed by atoms with Gasteiger partial charge in [0.1, 0.15) is 26.2 Å². The summed E-state index contributed by atoms with van der Waals surface area (Å²) < 4.78 is 0. The molecule has 0 bridgehead atoms. The number of nitrogens with one attached hydrogen (secondary N) is 3. The molecule has 1 aliphatic heterocycles. The Hall–Kier alpha value is -2.43. The van der Waals surface area contributed by atoms with Gasteiger partial charge in [-0.1, -0.05) is 48.5 Å². The fourth-order valence-corrected chi connectivity index (χ4v) is 3.71. The molecule has 4 nitrogen and oxygen atoms in total. The highest BCUT2D eigenvalue weighted by molar-refractivity contribution is 5.91. The third-order valence-corrected chi connectivity index (χ3v) is 5.55. The zero-order valence-electron chi connectivity index (χ0n) is 17.1. The summed E-state index contributed by atoms with van der Waals surface area (Å²) in [7, 11) is 0. The summed E-state index contributed by atoms with van der Waals surface area (Å²) in [4.78, 5) is 15.5. The summed E-state index contributed by atoms with van der Waals surface area (Å²) in [6, 6.07) is 16.7.